The van der Waals surface area contributed by atoms with Crippen molar-refractivity contribution in [3.63, 3.8) is 0 Å². The number of rotatable bonds is 2. The minimum absolute atomic E-state index is 0. The molecule has 0 aliphatic heterocycles. The Kier molecular flexibility index (Phi) is 9.86. The molecule has 0 heteroatoms. The highest BCUT2D eigenvalue weighted by Crippen LogP contribution is 2.14. The Morgan fingerprint density at radius 2 is 1.43 bits per heavy atom. The van der Waals surface area contributed by atoms with Crippen molar-refractivity contribution in [2.24, 2.45) is 0 Å². The molecule has 0 bridgehead atoms. The molecule has 0 aliphatic rings. The number of hydrogen-bond acceptors (Lipinski definition) is 0. The first-order valence-electron chi connectivity index (χ1n) is 5.30. The van der Waals surface area contributed by atoms with Crippen molar-refractivity contribution in [1.82, 2.24) is 0 Å². The molecule has 82 valence electrons. The van der Waals surface area contributed by atoms with Gasteiger partial charge in [0.05, 0.1) is 0 Å². The third kappa shape index (κ3) is 4.45. The third-order valence-corrected chi connectivity index (χ3v) is 2.14. The van der Waals surface area contributed by atoms with Crippen LogP contribution in [0.2, 0.25) is 0 Å². The number of aryl methyl sites for hydroxylation is 2. The maximum atomic E-state index is 2.23. The van der Waals surface area contributed by atoms with Crippen LogP contribution in [-0.2, 0) is 6.42 Å². The van der Waals surface area contributed by atoms with Gasteiger partial charge in [0.2, 0.25) is 0 Å². The molecule has 0 saturated carbocycles. The van der Waals surface area contributed by atoms with Gasteiger partial charge in [0.15, 0.2) is 0 Å². The van der Waals surface area contributed by atoms with Crippen LogP contribution < -0.4 is 0 Å². The van der Waals surface area contributed by atoms with Gasteiger partial charge < -0.3 is 0 Å². The van der Waals surface area contributed by atoms with Gasteiger partial charge in [-0.1, -0.05) is 52.8 Å². The summed E-state index contributed by atoms with van der Waals surface area (Å²) in [6, 6.07) is 6.51. The van der Waals surface area contributed by atoms with Crippen molar-refractivity contribution in [3.8, 4) is 0 Å². The lowest BCUT2D eigenvalue weighted by Gasteiger charge is -2.06. The molecule has 0 unspecified atom stereocenters. The van der Waals surface area contributed by atoms with E-state index in [1.165, 1.54) is 29.5 Å². The van der Waals surface area contributed by atoms with Gasteiger partial charge in [-0.05, 0) is 37.0 Å². The Balaban J connectivity index is 0. The van der Waals surface area contributed by atoms with E-state index in [1.807, 2.05) is 13.8 Å². The SMILES string of the molecule is C.CC.CCCc1c(C)cccc1C. The normalized spacial score (nSPS) is 8.36. The average Bonchev–Trinajstić information content (AvgIpc) is 2.15. The summed E-state index contributed by atoms with van der Waals surface area (Å²) in [5.74, 6) is 0. The summed E-state index contributed by atoms with van der Waals surface area (Å²) >= 11 is 0. The zero-order chi connectivity index (χ0) is 10.3. The zero-order valence-electron chi connectivity index (χ0n) is 9.65. The lowest BCUT2D eigenvalue weighted by molar-refractivity contribution is 0.903. The van der Waals surface area contributed by atoms with E-state index in [4.69, 9.17) is 0 Å². The average molecular weight is 194 g/mol. The van der Waals surface area contributed by atoms with Gasteiger partial charge >= 0.3 is 0 Å². The minimum Gasteiger partial charge on any atom is -0.0776 e. The van der Waals surface area contributed by atoms with Gasteiger partial charge in [-0.15, -0.1) is 0 Å². The molecule has 1 aromatic carbocycles. The molecular formula is C14H26. The first-order valence-corrected chi connectivity index (χ1v) is 5.30. The van der Waals surface area contributed by atoms with Gasteiger partial charge in [0.1, 0.15) is 0 Å². The zero-order valence-corrected chi connectivity index (χ0v) is 9.65. The maximum absolute atomic E-state index is 2.23. The number of benzene rings is 1. The quantitative estimate of drug-likeness (QED) is 0.627. The fourth-order valence-corrected chi connectivity index (χ4v) is 1.49. The van der Waals surface area contributed by atoms with Gasteiger partial charge in [-0.2, -0.15) is 0 Å². The second kappa shape index (κ2) is 8.80. The monoisotopic (exact) mass is 194 g/mol. The molecule has 0 radical (unpaired) electrons. The van der Waals surface area contributed by atoms with Crippen molar-refractivity contribution in [2.45, 2.75) is 54.9 Å². The van der Waals surface area contributed by atoms with E-state index in [2.05, 4.69) is 39.0 Å². The summed E-state index contributed by atoms with van der Waals surface area (Å²) < 4.78 is 0. The summed E-state index contributed by atoms with van der Waals surface area (Å²) in [7, 11) is 0. The molecular weight excluding hydrogens is 168 g/mol. The highest BCUT2D eigenvalue weighted by atomic mass is 14.0. The van der Waals surface area contributed by atoms with Crippen LogP contribution in [0.25, 0.3) is 0 Å². The van der Waals surface area contributed by atoms with E-state index in [9.17, 15) is 0 Å². The molecule has 0 nitrogen and oxygen atoms in total. The first kappa shape index (κ1) is 15.7. The molecule has 0 saturated heterocycles. The summed E-state index contributed by atoms with van der Waals surface area (Å²) in [5, 5.41) is 0. The number of hydrogen-bond donors (Lipinski definition) is 0. The van der Waals surface area contributed by atoms with E-state index in [0.717, 1.165) is 0 Å². The Hall–Kier alpha value is -0.780. The Morgan fingerprint density at radius 3 is 1.79 bits per heavy atom. The highest BCUT2D eigenvalue weighted by Gasteiger charge is 1.98. The largest absolute Gasteiger partial charge is 0.0776 e. The minimum atomic E-state index is 0. The Morgan fingerprint density at radius 1 is 1.00 bits per heavy atom. The highest BCUT2D eigenvalue weighted by molar-refractivity contribution is 5.33. The molecule has 0 N–H and O–H groups in total. The summed E-state index contributed by atoms with van der Waals surface area (Å²) in [5.41, 5.74) is 4.41. The van der Waals surface area contributed by atoms with Crippen molar-refractivity contribution in [1.29, 1.82) is 0 Å². The van der Waals surface area contributed by atoms with Crippen LogP contribution in [0.15, 0.2) is 18.2 Å². The van der Waals surface area contributed by atoms with Crippen molar-refractivity contribution in [2.75, 3.05) is 0 Å². The maximum Gasteiger partial charge on any atom is -0.0276 e. The summed E-state index contributed by atoms with van der Waals surface area (Å²) in [6.07, 6.45) is 2.46. The fourth-order valence-electron chi connectivity index (χ4n) is 1.49. The smallest absolute Gasteiger partial charge is 0.0276 e. The van der Waals surface area contributed by atoms with E-state index in [0.29, 0.717) is 0 Å². The van der Waals surface area contributed by atoms with E-state index in [1.54, 1.807) is 0 Å². The van der Waals surface area contributed by atoms with Crippen LogP contribution in [-0.4, -0.2) is 0 Å². The van der Waals surface area contributed by atoms with Gasteiger partial charge in [-0.3, -0.25) is 0 Å². The van der Waals surface area contributed by atoms with Gasteiger partial charge in [0, 0.05) is 0 Å². The second-order valence-electron chi connectivity index (χ2n) is 3.12. The molecule has 0 spiro atoms. The van der Waals surface area contributed by atoms with Gasteiger partial charge in [-0.25, -0.2) is 0 Å². The second-order valence-corrected chi connectivity index (χ2v) is 3.12. The van der Waals surface area contributed by atoms with Crippen LogP contribution in [0.4, 0.5) is 0 Å². The third-order valence-electron chi connectivity index (χ3n) is 2.14. The fraction of sp³-hybridized carbons (Fsp3) is 0.571. The lowest BCUT2D eigenvalue weighted by atomic mass is 9.99. The molecule has 14 heavy (non-hydrogen) atoms. The molecule has 1 rings (SSSR count). The lowest BCUT2D eigenvalue weighted by Crippen LogP contribution is -1.91. The summed E-state index contributed by atoms with van der Waals surface area (Å²) in [6.45, 7) is 10.6. The van der Waals surface area contributed by atoms with Crippen molar-refractivity contribution >= 4 is 0 Å². The molecule has 0 atom stereocenters. The van der Waals surface area contributed by atoms with Crippen LogP contribution in [0, 0.1) is 13.8 Å². The van der Waals surface area contributed by atoms with E-state index < -0.39 is 0 Å². The van der Waals surface area contributed by atoms with Crippen molar-refractivity contribution < 1.29 is 0 Å². The Bertz CT molecular complexity index is 216. The van der Waals surface area contributed by atoms with E-state index in [-0.39, 0.29) is 7.43 Å². The molecule has 0 heterocycles. The first-order chi connectivity index (χ1) is 6.25. The standard InChI is InChI=1S/C11H16.C2H6.CH4/c1-4-6-11-9(2)7-5-8-10(11)3;1-2;/h5,7-8H,4,6H2,1-3H3;1-2H3;1H4. The van der Waals surface area contributed by atoms with Crippen LogP contribution >= 0.6 is 0 Å². The predicted molar refractivity (Wildman–Crippen MR) is 68.0 cm³/mol. The van der Waals surface area contributed by atoms with Gasteiger partial charge in [0.25, 0.3) is 0 Å². The molecule has 0 aromatic heterocycles. The molecule has 0 aliphatic carbocycles. The van der Waals surface area contributed by atoms with Crippen molar-refractivity contribution in [3.05, 3.63) is 34.9 Å². The van der Waals surface area contributed by atoms with E-state index >= 15 is 0 Å². The van der Waals surface area contributed by atoms with Crippen LogP contribution in [0.3, 0.4) is 0 Å². The Labute approximate surface area is 90.4 Å². The topological polar surface area (TPSA) is 0 Å². The van der Waals surface area contributed by atoms with Crippen LogP contribution in [0.5, 0.6) is 0 Å². The van der Waals surface area contributed by atoms with Crippen LogP contribution in [0.1, 0.15) is 51.3 Å². The molecule has 0 fully saturated rings. The summed E-state index contributed by atoms with van der Waals surface area (Å²) in [4.78, 5) is 0. The molecule has 0 amide bonds. The predicted octanol–water partition coefficient (Wildman–Crippen LogP) is 4.92. The molecule has 1 aromatic rings.